The third kappa shape index (κ3) is 64.8. The first-order chi connectivity index (χ1) is 39.0. The SMILES string of the molecule is CCC/C=C\C/C=C\CCCCCCCC(=O)OCCCCCCCCCCCCCC/C=C\CCCCCCCCCCCCCC(=O)NC(CO)C(O)/C=C/CCCCCCCCCCCCCCCCCCCCCC. The first-order valence-electron chi connectivity index (χ1n) is 35.4. The van der Waals surface area contributed by atoms with Crippen molar-refractivity contribution in [3.05, 3.63) is 48.6 Å². The van der Waals surface area contributed by atoms with Crippen LogP contribution in [0.2, 0.25) is 0 Å². The van der Waals surface area contributed by atoms with Crippen molar-refractivity contribution >= 4 is 11.9 Å². The molecule has 0 heterocycles. The molecular weight excluding hydrogens is 971 g/mol. The van der Waals surface area contributed by atoms with Gasteiger partial charge < -0.3 is 20.3 Å². The first kappa shape index (κ1) is 76.8. The van der Waals surface area contributed by atoms with Gasteiger partial charge in [0.15, 0.2) is 0 Å². The lowest BCUT2D eigenvalue weighted by atomic mass is 10.0. The van der Waals surface area contributed by atoms with Crippen LogP contribution in [0.1, 0.15) is 380 Å². The van der Waals surface area contributed by atoms with Gasteiger partial charge in [0, 0.05) is 12.8 Å². The van der Waals surface area contributed by atoms with E-state index in [0.29, 0.717) is 19.4 Å². The minimum atomic E-state index is -0.847. The van der Waals surface area contributed by atoms with Gasteiger partial charge in [-0.15, -0.1) is 0 Å². The lowest BCUT2D eigenvalue weighted by Crippen LogP contribution is -2.45. The van der Waals surface area contributed by atoms with Crippen LogP contribution in [-0.2, 0) is 14.3 Å². The van der Waals surface area contributed by atoms with Gasteiger partial charge in [-0.2, -0.15) is 0 Å². The van der Waals surface area contributed by atoms with E-state index in [-0.39, 0.29) is 18.5 Å². The number of amides is 1. The molecule has 464 valence electrons. The molecule has 79 heavy (non-hydrogen) atoms. The van der Waals surface area contributed by atoms with E-state index in [1.54, 1.807) is 6.08 Å². The number of hydrogen-bond acceptors (Lipinski definition) is 5. The fourth-order valence-electron chi connectivity index (χ4n) is 10.9. The largest absolute Gasteiger partial charge is 0.466 e. The van der Waals surface area contributed by atoms with Crippen molar-refractivity contribution in [1.29, 1.82) is 0 Å². The molecule has 0 saturated carbocycles. The molecule has 0 aromatic heterocycles. The standard InChI is InChI=1S/C73H137NO5/c1-3-5-7-9-11-13-15-17-18-19-20-21-29-32-35-38-42-45-49-53-57-61-65-71(76)70(69-75)74-72(77)66-62-58-54-50-46-43-39-36-33-30-27-25-23-22-24-26-28-31-34-37-40-44-48-52-56-60-64-68-79-73(78)67-63-59-55-51-47-41-16-14-12-10-8-6-4-2/h8,10,14,16,22-23,61,65,70-71,75-76H,3-7,9,11-13,15,17-21,24-60,62-64,66-69H2,1-2H3,(H,74,77)/b10-8-,16-14-,23-22-,65-61+. The Bertz CT molecular complexity index is 1320. The van der Waals surface area contributed by atoms with Crippen molar-refractivity contribution in [3.8, 4) is 0 Å². The van der Waals surface area contributed by atoms with E-state index in [4.69, 9.17) is 4.74 Å². The van der Waals surface area contributed by atoms with Gasteiger partial charge >= 0.3 is 5.97 Å². The number of unbranched alkanes of at least 4 members (excludes halogenated alkanes) is 49. The zero-order chi connectivity index (χ0) is 57.1. The van der Waals surface area contributed by atoms with Crippen molar-refractivity contribution in [2.75, 3.05) is 13.2 Å². The number of hydrogen-bond donors (Lipinski definition) is 3. The van der Waals surface area contributed by atoms with E-state index < -0.39 is 12.1 Å². The molecule has 0 aromatic carbocycles. The fraction of sp³-hybridized carbons (Fsp3) is 0.863. The van der Waals surface area contributed by atoms with Gasteiger partial charge in [0.2, 0.25) is 5.91 Å². The van der Waals surface area contributed by atoms with Crippen molar-refractivity contribution in [2.24, 2.45) is 0 Å². The van der Waals surface area contributed by atoms with E-state index in [1.807, 2.05) is 6.08 Å². The monoisotopic (exact) mass is 1110 g/mol. The summed E-state index contributed by atoms with van der Waals surface area (Å²) in [6.07, 6.45) is 89.0. The van der Waals surface area contributed by atoms with Gasteiger partial charge in [0.1, 0.15) is 0 Å². The minimum Gasteiger partial charge on any atom is -0.466 e. The van der Waals surface area contributed by atoms with Crippen LogP contribution in [0, 0.1) is 0 Å². The Labute approximate surface area is 493 Å². The molecular formula is C73H137NO5. The molecule has 0 saturated heterocycles. The Hall–Kier alpha value is -2.18. The highest BCUT2D eigenvalue weighted by molar-refractivity contribution is 5.76. The van der Waals surface area contributed by atoms with Crippen LogP contribution < -0.4 is 5.32 Å². The lowest BCUT2D eigenvalue weighted by Gasteiger charge is -2.20. The van der Waals surface area contributed by atoms with Crippen LogP contribution in [0.25, 0.3) is 0 Å². The number of allylic oxidation sites excluding steroid dienone is 7. The van der Waals surface area contributed by atoms with Crippen LogP contribution >= 0.6 is 0 Å². The number of esters is 1. The zero-order valence-corrected chi connectivity index (χ0v) is 53.1. The number of ether oxygens (including phenoxy) is 1. The number of carbonyl (C=O) groups excluding carboxylic acids is 2. The molecule has 6 heteroatoms. The number of nitrogens with one attached hydrogen (secondary N) is 1. The summed E-state index contributed by atoms with van der Waals surface area (Å²) in [4.78, 5) is 24.6. The van der Waals surface area contributed by atoms with Crippen LogP contribution in [0.4, 0.5) is 0 Å². The Morgan fingerprint density at radius 3 is 1.03 bits per heavy atom. The van der Waals surface area contributed by atoms with Gasteiger partial charge in [-0.3, -0.25) is 9.59 Å². The van der Waals surface area contributed by atoms with Gasteiger partial charge in [-0.1, -0.05) is 332 Å². The molecule has 0 spiro atoms. The highest BCUT2D eigenvalue weighted by atomic mass is 16.5. The van der Waals surface area contributed by atoms with Crippen LogP contribution in [0.5, 0.6) is 0 Å². The number of carbonyl (C=O) groups is 2. The molecule has 0 aromatic rings. The molecule has 0 fully saturated rings. The average molecular weight is 1110 g/mol. The van der Waals surface area contributed by atoms with Gasteiger partial charge in [-0.25, -0.2) is 0 Å². The van der Waals surface area contributed by atoms with E-state index in [0.717, 1.165) is 51.4 Å². The van der Waals surface area contributed by atoms with E-state index in [2.05, 4.69) is 55.6 Å². The molecule has 0 aliphatic rings. The van der Waals surface area contributed by atoms with E-state index in [1.165, 1.54) is 302 Å². The Kier molecular flexibility index (Phi) is 66.4. The summed E-state index contributed by atoms with van der Waals surface area (Å²) in [6, 6.07) is -0.630. The third-order valence-electron chi connectivity index (χ3n) is 16.3. The van der Waals surface area contributed by atoms with Crippen molar-refractivity contribution in [1.82, 2.24) is 5.32 Å². The second-order valence-electron chi connectivity index (χ2n) is 24.2. The summed E-state index contributed by atoms with van der Waals surface area (Å²) in [5.74, 6) is -0.0661. The molecule has 6 nitrogen and oxygen atoms in total. The van der Waals surface area contributed by atoms with Gasteiger partial charge in [0.05, 0.1) is 25.4 Å². The zero-order valence-electron chi connectivity index (χ0n) is 53.1. The average Bonchev–Trinajstić information content (AvgIpc) is 3.45. The maximum absolute atomic E-state index is 12.5. The molecule has 0 rings (SSSR count). The fourth-order valence-corrected chi connectivity index (χ4v) is 10.9. The van der Waals surface area contributed by atoms with Gasteiger partial charge in [-0.05, 0) is 83.5 Å². The Balaban J connectivity index is 3.42. The molecule has 0 radical (unpaired) electrons. The summed E-state index contributed by atoms with van der Waals surface area (Å²) in [6.45, 7) is 4.86. The molecule has 0 aliphatic carbocycles. The van der Waals surface area contributed by atoms with Crippen LogP contribution in [0.15, 0.2) is 48.6 Å². The molecule has 2 unspecified atom stereocenters. The Morgan fingerprint density at radius 1 is 0.354 bits per heavy atom. The molecule has 0 bridgehead atoms. The lowest BCUT2D eigenvalue weighted by molar-refractivity contribution is -0.143. The quantitative estimate of drug-likeness (QED) is 0.0320. The predicted octanol–water partition coefficient (Wildman–Crippen LogP) is 22.9. The normalized spacial score (nSPS) is 12.8. The van der Waals surface area contributed by atoms with Crippen LogP contribution in [-0.4, -0.2) is 47.4 Å². The maximum Gasteiger partial charge on any atom is 0.305 e. The maximum atomic E-state index is 12.5. The molecule has 2 atom stereocenters. The van der Waals surface area contributed by atoms with E-state index in [9.17, 15) is 19.8 Å². The number of aliphatic hydroxyl groups excluding tert-OH is 2. The second kappa shape index (κ2) is 68.3. The molecule has 1 amide bonds. The van der Waals surface area contributed by atoms with Gasteiger partial charge in [0.25, 0.3) is 0 Å². The highest BCUT2D eigenvalue weighted by Gasteiger charge is 2.18. The summed E-state index contributed by atoms with van der Waals surface area (Å²) in [5, 5.41) is 23.3. The van der Waals surface area contributed by atoms with Crippen molar-refractivity contribution in [3.63, 3.8) is 0 Å². The smallest absolute Gasteiger partial charge is 0.305 e. The number of rotatable bonds is 66. The summed E-state index contributed by atoms with van der Waals surface area (Å²) >= 11 is 0. The summed E-state index contributed by atoms with van der Waals surface area (Å²) < 4.78 is 5.47. The van der Waals surface area contributed by atoms with E-state index >= 15 is 0 Å². The predicted molar refractivity (Wildman–Crippen MR) is 347 cm³/mol. The summed E-state index contributed by atoms with van der Waals surface area (Å²) in [7, 11) is 0. The minimum absolute atomic E-state index is 0.000562. The van der Waals surface area contributed by atoms with Crippen molar-refractivity contribution in [2.45, 2.75) is 392 Å². The first-order valence-corrected chi connectivity index (χ1v) is 35.4. The third-order valence-corrected chi connectivity index (χ3v) is 16.3. The highest BCUT2D eigenvalue weighted by Crippen LogP contribution is 2.18. The van der Waals surface area contributed by atoms with Crippen molar-refractivity contribution < 1.29 is 24.5 Å². The summed E-state index contributed by atoms with van der Waals surface area (Å²) in [5.41, 5.74) is 0. The topological polar surface area (TPSA) is 95.9 Å². The van der Waals surface area contributed by atoms with Crippen LogP contribution in [0.3, 0.4) is 0 Å². The second-order valence-corrected chi connectivity index (χ2v) is 24.2. The molecule has 3 N–H and O–H groups in total. The number of aliphatic hydroxyl groups is 2. The molecule has 0 aliphatic heterocycles. The Morgan fingerprint density at radius 2 is 0.658 bits per heavy atom.